The first-order chi connectivity index (χ1) is 13.3. The molecule has 0 aliphatic heterocycles. The van der Waals surface area contributed by atoms with Gasteiger partial charge in [-0.15, -0.1) is 0 Å². The molecule has 0 amide bonds. The van der Waals surface area contributed by atoms with Crippen LogP contribution in [0.1, 0.15) is 114 Å². The number of hydrogen-bond acceptors (Lipinski definition) is 1. The van der Waals surface area contributed by atoms with E-state index in [1.54, 1.807) is 0 Å². The normalized spacial score (nSPS) is 28.9. The summed E-state index contributed by atoms with van der Waals surface area (Å²) in [5, 5.41) is 0. The molecule has 0 N–H and O–H groups in total. The van der Waals surface area contributed by atoms with Gasteiger partial charge in [0.2, 0.25) is 0 Å². The van der Waals surface area contributed by atoms with Crippen LogP contribution in [0.25, 0.3) is 0 Å². The number of ketones is 1. The Hall–Kier alpha value is -1.18. The van der Waals surface area contributed by atoms with Gasteiger partial charge >= 0.3 is 0 Å². The second-order valence-electron chi connectivity index (χ2n) is 10.5. The van der Waals surface area contributed by atoms with E-state index in [2.05, 4.69) is 6.92 Å². The van der Waals surface area contributed by atoms with Gasteiger partial charge in [0.1, 0.15) is 5.82 Å². The van der Waals surface area contributed by atoms with Gasteiger partial charge in [-0.3, -0.25) is 4.79 Å². The maximum atomic E-state index is 14.8. The van der Waals surface area contributed by atoms with Gasteiger partial charge in [0, 0.05) is 11.0 Å². The van der Waals surface area contributed by atoms with Gasteiger partial charge in [-0.05, 0) is 73.8 Å². The summed E-state index contributed by atoms with van der Waals surface area (Å²) < 4.78 is 14.8. The molecule has 2 aliphatic carbocycles. The Morgan fingerprint density at radius 3 is 2.04 bits per heavy atom. The van der Waals surface area contributed by atoms with Crippen molar-refractivity contribution in [2.24, 2.45) is 23.2 Å². The zero-order valence-electron chi connectivity index (χ0n) is 18.4. The van der Waals surface area contributed by atoms with Crippen LogP contribution in [0.4, 0.5) is 4.39 Å². The maximum Gasteiger partial charge on any atom is 0.168 e. The number of carbonyl (C=O) groups excluding carboxylic acids is 1. The first-order valence-corrected chi connectivity index (χ1v) is 11.6. The number of hydrogen-bond donors (Lipinski definition) is 0. The quantitative estimate of drug-likeness (QED) is 0.469. The van der Waals surface area contributed by atoms with Crippen LogP contribution in [-0.2, 0) is 0 Å². The van der Waals surface area contributed by atoms with Crippen LogP contribution in [0.2, 0.25) is 0 Å². The van der Waals surface area contributed by atoms with Crippen molar-refractivity contribution >= 4 is 5.78 Å². The molecule has 0 bridgehead atoms. The van der Waals surface area contributed by atoms with Gasteiger partial charge in [-0.25, -0.2) is 4.39 Å². The lowest BCUT2D eigenvalue weighted by Gasteiger charge is -2.38. The van der Waals surface area contributed by atoms with E-state index < -0.39 is 5.41 Å². The summed E-state index contributed by atoms with van der Waals surface area (Å²) in [4.78, 5) is 12.4. The van der Waals surface area contributed by atoms with Gasteiger partial charge in [-0.2, -0.15) is 0 Å². The zero-order chi connectivity index (χ0) is 20.3. The van der Waals surface area contributed by atoms with Crippen LogP contribution in [0.3, 0.4) is 0 Å². The van der Waals surface area contributed by atoms with Crippen molar-refractivity contribution in [2.45, 2.75) is 97.8 Å². The Kier molecular flexibility index (Phi) is 6.99. The van der Waals surface area contributed by atoms with E-state index in [1.165, 1.54) is 57.4 Å². The molecular formula is C26H39FO. The molecule has 2 fully saturated rings. The average molecular weight is 387 g/mol. The fraction of sp³-hybridized carbons (Fsp3) is 0.731. The predicted octanol–water partition coefficient (Wildman–Crippen LogP) is 7.93. The smallest absolute Gasteiger partial charge is 0.168 e. The zero-order valence-corrected chi connectivity index (χ0v) is 18.4. The minimum absolute atomic E-state index is 0.0142. The highest BCUT2D eigenvalue weighted by Gasteiger charge is 2.32. The number of halogens is 1. The number of benzene rings is 1. The van der Waals surface area contributed by atoms with Crippen molar-refractivity contribution in [1.29, 1.82) is 0 Å². The number of carbonyl (C=O) groups is 1. The number of Topliss-reactive ketones (excluding diaryl/α,β-unsaturated/α-hetero) is 1. The lowest BCUT2D eigenvalue weighted by Crippen LogP contribution is -2.25. The fourth-order valence-corrected chi connectivity index (χ4v) is 5.69. The van der Waals surface area contributed by atoms with E-state index in [0.717, 1.165) is 36.2 Å². The predicted molar refractivity (Wildman–Crippen MR) is 115 cm³/mol. The molecule has 1 nitrogen and oxygen atoms in total. The van der Waals surface area contributed by atoms with Crippen LogP contribution in [0, 0.1) is 29.0 Å². The standard InChI is InChI=1S/C26H39FO/c1-5-6-18-7-9-19(10-8-18)20-11-13-21(14-12-20)23-16-15-22(17-24(23)27)25(28)26(2,3)4/h15-21H,5-14H2,1-4H3. The molecule has 0 radical (unpaired) electrons. The summed E-state index contributed by atoms with van der Waals surface area (Å²) in [7, 11) is 0. The molecule has 2 heteroatoms. The summed E-state index contributed by atoms with van der Waals surface area (Å²) in [6, 6.07) is 5.20. The Labute approximate surface area is 171 Å². The van der Waals surface area contributed by atoms with E-state index >= 15 is 0 Å². The Morgan fingerprint density at radius 1 is 0.964 bits per heavy atom. The Bertz CT molecular complexity index is 656. The summed E-state index contributed by atoms with van der Waals surface area (Å²) in [6.45, 7) is 7.96. The molecule has 0 atom stereocenters. The molecule has 2 aliphatic rings. The molecule has 28 heavy (non-hydrogen) atoms. The highest BCUT2D eigenvalue weighted by atomic mass is 19.1. The summed E-state index contributed by atoms with van der Waals surface area (Å²) in [5.74, 6) is 2.89. The van der Waals surface area contributed by atoms with Crippen LogP contribution in [0.15, 0.2) is 18.2 Å². The third-order valence-corrected chi connectivity index (χ3v) is 7.41. The van der Waals surface area contributed by atoms with E-state index in [1.807, 2.05) is 32.9 Å². The van der Waals surface area contributed by atoms with Gasteiger partial charge in [0.25, 0.3) is 0 Å². The molecule has 0 heterocycles. The van der Waals surface area contributed by atoms with E-state index in [4.69, 9.17) is 0 Å². The molecule has 0 unspecified atom stereocenters. The molecule has 0 aromatic heterocycles. The molecule has 1 aromatic carbocycles. The minimum atomic E-state index is -0.470. The van der Waals surface area contributed by atoms with Crippen molar-refractivity contribution in [3.8, 4) is 0 Å². The fourth-order valence-electron chi connectivity index (χ4n) is 5.69. The lowest BCUT2D eigenvalue weighted by atomic mass is 9.68. The molecule has 0 saturated heterocycles. The summed E-state index contributed by atoms with van der Waals surface area (Å²) in [5.41, 5.74) is 0.865. The van der Waals surface area contributed by atoms with Crippen molar-refractivity contribution < 1.29 is 9.18 Å². The molecule has 156 valence electrons. The van der Waals surface area contributed by atoms with Crippen LogP contribution >= 0.6 is 0 Å². The first kappa shape index (κ1) is 21.5. The van der Waals surface area contributed by atoms with Crippen molar-refractivity contribution in [2.75, 3.05) is 0 Å². The first-order valence-electron chi connectivity index (χ1n) is 11.6. The van der Waals surface area contributed by atoms with Crippen LogP contribution < -0.4 is 0 Å². The van der Waals surface area contributed by atoms with Gasteiger partial charge < -0.3 is 0 Å². The Morgan fingerprint density at radius 2 is 1.54 bits per heavy atom. The Balaban J connectivity index is 1.56. The maximum absolute atomic E-state index is 14.8. The molecular weight excluding hydrogens is 347 g/mol. The van der Waals surface area contributed by atoms with Crippen molar-refractivity contribution in [3.63, 3.8) is 0 Å². The van der Waals surface area contributed by atoms with Crippen LogP contribution in [0.5, 0.6) is 0 Å². The summed E-state index contributed by atoms with van der Waals surface area (Å²) >= 11 is 0. The average Bonchev–Trinajstić information content (AvgIpc) is 2.68. The largest absolute Gasteiger partial charge is 0.294 e. The molecule has 1 aromatic rings. The topological polar surface area (TPSA) is 17.1 Å². The second-order valence-corrected chi connectivity index (χ2v) is 10.5. The monoisotopic (exact) mass is 386 g/mol. The minimum Gasteiger partial charge on any atom is -0.294 e. The molecule has 3 rings (SSSR count). The lowest BCUT2D eigenvalue weighted by molar-refractivity contribution is 0.0858. The van der Waals surface area contributed by atoms with E-state index in [9.17, 15) is 9.18 Å². The summed E-state index contributed by atoms with van der Waals surface area (Å²) in [6.07, 6.45) is 13.1. The number of rotatable bonds is 5. The van der Waals surface area contributed by atoms with E-state index in [0.29, 0.717) is 11.5 Å². The van der Waals surface area contributed by atoms with Gasteiger partial charge in [-0.1, -0.05) is 65.5 Å². The van der Waals surface area contributed by atoms with Crippen LogP contribution in [-0.4, -0.2) is 5.78 Å². The third-order valence-electron chi connectivity index (χ3n) is 7.41. The second kappa shape index (κ2) is 9.09. The van der Waals surface area contributed by atoms with Gasteiger partial charge in [0.15, 0.2) is 5.78 Å². The van der Waals surface area contributed by atoms with Crippen molar-refractivity contribution in [1.82, 2.24) is 0 Å². The molecule has 0 spiro atoms. The third kappa shape index (κ3) is 5.05. The van der Waals surface area contributed by atoms with E-state index in [-0.39, 0.29) is 11.6 Å². The highest BCUT2D eigenvalue weighted by Crippen LogP contribution is 2.45. The van der Waals surface area contributed by atoms with Crippen molar-refractivity contribution in [3.05, 3.63) is 35.1 Å². The highest BCUT2D eigenvalue weighted by molar-refractivity contribution is 5.99. The molecule has 2 saturated carbocycles. The SMILES string of the molecule is CCCC1CCC(C2CCC(c3ccc(C(=O)C(C)(C)C)cc3F)CC2)CC1. The van der Waals surface area contributed by atoms with Gasteiger partial charge in [0.05, 0.1) is 0 Å².